The lowest BCUT2D eigenvalue weighted by molar-refractivity contribution is -0.150. The highest BCUT2D eigenvalue weighted by molar-refractivity contribution is 5.69. The zero-order chi connectivity index (χ0) is 11.0. The van der Waals surface area contributed by atoms with Crippen LogP contribution in [0, 0.1) is 0 Å². The number of esters is 1. The van der Waals surface area contributed by atoms with Gasteiger partial charge in [0.15, 0.2) is 0 Å². The van der Waals surface area contributed by atoms with Crippen molar-refractivity contribution in [2.24, 2.45) is 0 Å². The summed E-state index contributed by atoms with van der Waals surface area (Å²) in [6, 6.07) is 0.402. The monoisotopic (exact) mass is 203 g/mol. The van der Waals surface area contributed by atoms with Crippen LogP contribution in [0.4, 0.5) is 0 Å². The molecular weight excluding hydrogens is 182 g/mol. The fourth-order valence-corrected chi connectivity index (χ4v) is 1.01. The SMILES string of the molecule is COCC(C)OC(=O)CCNC(C)C. The van der Waals surface area contributed by atoms with Crippen molar-refractivity contribution in [2.45, 2.75) is 39.3 Å². The molecule has 84 valence electrons. The van der Waals surface area contributed by atoms with Crippen LogP contribution >= 0.6 is 0 Å². The molecule has 0 aromatic carbocycles. The van der Waals surface area contributed by atoms with E-state index >= 15 is 0 Å². The Labute approximate surface area is 86.0 Å². The smallest absolute Gasteiger partial charge is 0.307 e. The van der Waals surface area contributed by atoms with Gasteiger partial charge in [0, 0.05) is 19.7 Å². The summed E-state index contributed by atoms with van der Waals surface area (Å²) in [6.07, 6.45) is 0.248. The summed E-state index contributed by atoms with van der Waals surface area (Å²) in [5.41, 5.74) is 0. The molecule has 0 amide bonds. The molecule has 0 saturated heterocycles. The van der Waals surface area contributed by atoms with Crippen molar-refractivity contribution in [3.8, 4) is 0 Å². The normalized spacial score (nSPS) is 12.9. The van der Waals surface area contributed by atoms with Crippen molar-refractivity contribution in [2.75, 3.05) is 20.3 Å². The van der Waals surface area contributed by atoms with Crippen LogP contribution in [0.1, 0.15) is 27.2 Å². The molecule has 0 saturated carbocycles. The third-order valence-electron chi connectivity index (χ3n) is 1.62. The predicted octanol–water partition coefficient (Wildman–Crippen LogP) is 0.953. The van der Waals surface area contributed by atoms with E-state index in [1.54, 1.807) is 7.11 Å². The van der Waals surface area contributed by atoms with Crippen LogP contribution in [0.15, 0.2) is 0 Å². The molecular formula is C10H21NO3. The molecule has 0 fully saturated rings. The molecule has 0 heterocycles. The quantitative estimate of drug-likeness (QED) is 0.626. The number of hydrogen-bond acceptors (Lipinski definition) is 4. The molecule has 0 spiro atoms. The Balaban J connectivity index is 3.45. The van der Waals surface area contributed by atoms with Crippen LogP contribution in [0.5, 0.6) is 0 Å². The third kappa shape index (κ3) is 8.01. The maximum atomic E-state index is 11.2. The van der Waals surface area contributed by atoms with Crippen molar-refractivity contribution in [1.82, 2.24) is 5.32 Å². The average molecular weight is 203 g/mol. The summed E-state index contributed by atoms with van der Waals surface area (Å²) >= 11 is 0. The van der Waals surface area contributed by atoms with Crippen LogP contribution in [-0.4, -0.2) is 38.4 Å². The number of carbonyl (C=O) groups excluding carboxylic acids is 1. The van der Waals surface area contributed by atoms with Gasteiger partial charge >= 0.3 is 5.97 Å². The molecule has 4 nitrogen and oxygen atoms in total. The maximum absolute atomic E-state index is 11.2. The molecule has 0 aliphatic heterocycles. The minimum atomic E-state index is -0.178. The van der Waals surface area contributed by atoms with Crippen LogP contribution in [-0.2, 0) is 14.3 Å². The second-order valence-electron chi connectivity index (χ2n) is 3.61. The van der Waals surface area contributed by atoms with Crippen LogP contribution in [0.2, 0.25) is 0 Å². The van der Waals surface area contributed by atoms with Crippen LogP contribution in [0.3, 0.4) is 0 Å². The van der Waals surface area contributed by atoms with Crippen molar-refractivity contribution in [3.63, 3.8) is 0 Å². The molecule has 0 aliphatic carbocycles. The average Bonchev–Trinajstić information content (AvgIpc) is 2.03. The Hall–Kier alpha value is -0.610. The standard InChI is InChI=1S/C10H21NO3/c1-8(2)11-6-5-10(12)14-9(3)7-13-4/h8-9,11H,5-7H2,1-4H3. The molecule has 0 rings (SSSR count). The van der Waals surface area contributed by atoms with E-state index in [2.05, 4.69) is 5.32 Å². The summed E-state index contributed by atoms with van der Waals surface area (Å²) < 4.78 is 9.92. The van der Waals surface area contributed by atoms with Crippen molar-refractivity contribution in [1.29, 1.82) is 0 Å². The Morgan fingerprint density at radius 2 is 2.00 bits per heavy atom. The highest BCUT2D eigenvalue weighted by Gasteiger charge is 2.08. The fourth-order valence-electron chi connectivity index (χ4n) is 1.01. The van der Waals surface area contributed by atoms with Gasteiger partial charge in [-0.3, -0.25) is 4.79 Å². The van der Waals surface area contributed by atoms with Crippen molar-refractivity contribution in [3.05, 3.63) is 0 Å². The molecule has 1 unspecified atom stereocenters. The molecule has 0 aromatic heterocycles. The van der Waals surface area contributed by atoms with Gasteiger partial charge in [-0.2, -0.15) is 0 Å². The first-order valence-electron chi connectivity index (χ1n) is 4.98. The first-order chi connectivity index (χ1) is 6.56. The highest BCUT2D eigenvalue weighted by Crippen LogP contribution is 1.94. The van der Waals surface area contributed by atoms with Crippen molar-refractivity contribution >= 4 is 5.97 Å². The van der Waals surface area contributed by atoms with Crippen LogP contribution < -0.4 is 5.32 Å². The summed E-state index contributed by atoms with van der Waals surface area (Å²) in [4.78, 5) is 11.2. The summed E-state index contributed by atoms with van der Waals surface area (Å²) in [5.74, 6) is -0.178. The number of methoxy groups -OCH3 is 1. The molecule has 1 N–H and O–H groups in total. The molecule has 0 aromatic rings. The van der Waals surface area contributed by atoms with E-state index in [4.69, 9.17) is 9.47 Å². The zero-order valence-electron chi connectivity index (χ0n) is 9.50. The largest absolute Gasteiger partial charge is 0.460 e. The number of rotatable bonds is 7. The van der Waals surface area contributed by atoms with E-state index in [1.807, 2.05) is 20.8 Å². The minimum Gasteiger partial charge on any atom is -0.460 e. The zero-order valence-corrected chi connectivity index (χ0v) is 9.50. The third-order valence-corrected chi connectivity index (χ3v) is 1.62. The maximum Gasteiger partial charge on any atom is 0.307 e. The summed E-state index contributed by atoms with van der Waals surface area (Å²) in [7, 11) is 1.59. The molecule has 4 heteroatoms. The minimum absolute atomic E-state index is 0.161. The van der Waals surface area contributed by atoms with Gasteiger partial charge in [-0.25, -0.2) is 0 Å². The van der Waals surface area contributed by atoms with Gasteiger partial charge in [0.25, 0.3) is 0 Å². The second kappa shape index (κ2) is 7.76. The topological polar surface area (TPSA) is 47.6 Å². The first kappa shape index (κ1) is 13.4. The van der Waals surface area contributed by atoms with E-state index < -0.39 is 0 Å². The van der Waals surface area contributed by atoms with Crippen molar-refractivity contribution < 1.29 is 14.3 Å². The first-order valence-corrected chi connectivity index (χ1v) is 4.98. The van der Waals surface area contributed by atoms with Gasteiger partial charge in [0.1, 0.15) is 6.10 Å². The molecule has 14 heavy (non-hydrogen) atoms. The Morgan fingerprint density at radius 1 is 1.36 bits per heavy atom. The second-order valence-corrected chi connectivity index (χ2v) is 3.61. The Kier molecular flexibility index (Phi) is 7.42. The predicted molar refractivity (Wildman–Crippen MR) is 55.2 cm³/mol. The Bertz CT molecular complexity index is 159. The van der Waals surface area contributed by atoms with E-state index in [0.29, 0.717) is 25.6 Å². The molecule has 0 bridgehead atoms. The number of hydrogen-bond donors (Lipinski definition) is 1. The van der Waals surface area contributed by atoms with E-state index in [0.717, 1.165) is 0 Å². The summed E-state index contributed by atoms with van der Waals surface area (Å²) in [6.45, 7) is 7.01. The molecule has 1 atom stereocenters. The molecule has 0 radical (unpaired) electrons. The van der Waals surface area contributed by atoms with E-state index in [-0.39, 0.29) is 12.1 Å². The van der Waals surface area contributed by atoms with Gasteiger partial charge in [-0.05, 0) is 6.92 Å². The molecule has 0 aliphatic rings. The number of nitrogens with one attached hydrogen (secondary N) is 1. The van der Waals surface area contributed by atoms with Gasteiger partial charge in [-0.15, -0.1) is 0 Å². The lowest BCUT2D eigenvalue weighted by Crippen LogP contribution is -2.27. The van der Waals surface area contributed by atoms with Gasteiger partial charge in [0.2, 0.25) is 0 Å². The van der Waals surface area contributed by atoms with E-state index in [1.165, 1.54) is 0 Å². The lowest BCUT2D eigenvalue weighted by atomic mass is 10.3. The number of carbonyl (C=O) groups is 1. The van der Waals surface area contributed by atoms with Gasteiger partial charge < -0.3 is 14.8 Å². The fraction of sp³-hybridized carbons (Fsp3) is 0.900. The van der Waals surface area contributed by atoms with Gasteiger partial charge in [-0.1, -0.05) is 13.8 Å². The highest BCUT2D eigenvalue weighted by atomic mass is 16.6. The number of ether oxygens (including phenoxy) is 2. The lowest BCUT2D eigenvalue weighted by Gasteiger charge is -2.12. The van der Waals surface area contributed by atoms with Gasteiger partial charge in [0.05, 0.1) is 13.0 Å². The van der Waals surface area contributed by atoms with Crippen LogP contribution in [0.25, 0.3) is 0 Å². The summed E-state index contributed by atoms with van der Waals surface area (Å²) in [5, 5.41) is 3.15. The van der Waals surface area contributed by atoms with E-state index in [9.17, 15) is 4.79 Å². The Morgan fingerprint density at radius 3 is 2.50 bits per heavy atom.